The van der Waals surface area contributed by atoms with Gasteiger partial charge in [0, 0.05) is 25.0 Å². The highest BCUT2D eigenvalue weighted by Crippen LogP contribution is 2.28. The van der Waals surface area contributed by atoms with E-state index in [2.05, 4.69) is 35.1 Å². The summed E-state index contributed by atoms with van der Waals surface area (Å²) in [5.74, 6) is 0. The van der Waals surface area contributed by atoms with Crippen molar-refractivity contribution >= 4 is 0 Å². The summed E-state index contributed by atoms with van der Waals surface area (Å²) in [5.41, 5.74) is 6.74. The largest absolute Gasteiger partial charge is 0.313 e. The number of rotatable bonds is 4. The van der Waals surface area contributed by atoms with Crippen molar-refractivity contribution in [3.05, 3.63) is 30.1 Å². The second kappa shape index (κ2) is 6.14. The molecule has 0 unspecified atom stereocenters. The van der Waals surface area contributed by atoms with Crippen molar-refractivity contribution in [2.45, 2.75) is 43.7 Å². The molecule has 19 heavy (non-hydrogen) atoms. The van der Waals surface area contributed by atoms with Crippen molar-refractivity contribution in [1.82, 2.24) is 9.88 Å². The molecule has 1 aliphatic carbocycles. The molecule has 0 bridgehead atoms. The Hall–Kier alpha value is -1.44. The van der Waals surface area contributed by atoms with Crippen LogP contribution in [0.4, 0.5) is 0 Å². The normalized spacial score (nSPS) is 27.2. The SMILES string of the molecule is CN(CCc1ccncc1)C1CCC(N)(C#N)CC1. The van der Waals surface area contributed by atoms with E-state index in [0.717, 1.165) is 38.6 Å². The van der Waals surface area contributed by atoms with Gasteiger partial charge >= 0.3 is 0 Å². The van der Waals surface area contributed by atoms with Crippen molar-refractivity contribution in [3.8, 4) is 6.07 Å². The number of nitriles is 1. The summed E-state index contributed by atoms with van der Waals surface area (Å²) in [7, 11) is 2.17. The summed E-state index contributed by atoms with van der Waals surface area (Å²) in [6.07, 6.45) is 8.40. The van der Waals surface area contributed by atoms with Crippen molar-refractivity contribution in [1.29, 1.82) is 5.26 Å². The van der Waals surface area contributed by atoms with E-state index in [9.17, 15) is 0 Å². The predicted octanol–water partition coefficient (Wildman–Crippen LogP) is 1.72. The van der Waals surface area contributed by atoms with Crippen LogP contribution >= 0.6 is 0 Å². The number of aromatic nitrogens is 1. The molecule has 0 radical (unpaired) electrons. The highest BCUT2D eigenvalue weighted by Gasteiger charge is 2.32. The lowest BCUT2D eigenvalue weighted by Crippen LogP contribution is -2.47. The molecule has 0 aromatic carbocycles. The predicted molar refractivity (Wildman–Crippen MR) is 75.4 cm³/mol. The first kappa shape index (κ1) is 14.0. The summed E-state index contributed by atoms with van der Waals surface area (Å²) in [4.78, 5) is 6.43. The Labute approximate surface area is 115 Å². The third-order valence-corrected chi connectivity index (χ3v) is 4.20. The van der Waals surface area contributed by atoms with Gasteiger partial charge in [0.05, 0.1) is 6.07 Å². The number of likely N-dealkylation sites (N-methyl/N-ethyl adjacent to an activating group) is 1. The van der Waals surface area contributed by atoms with Crippen LogP contribution in [0.25, 0.3) is 0 Å². The number of nitrogens with zero attached hydrogens (tertiary/aromatic N) is 3. The Kier molecular flexibility index (Phi) is 4.52. The van der Waals surface area contributed by atoms with Gasteiger partial charge in [-0.15, -0.1) is 0 Å². The second-order valence-corrected chi connectivity index (χ2v) is 5.59. The molecule has 2 N–H and O–H groups in total. The average molecular weight is 258 g/mol. The molecule has 4 heteroatoms. The molecule has 0 saturated heterocycles. The Bertz CT molecular complexity index is 429. The van der Waals surface area contributed by atoms with Gasteiger partial charge in [0.25, 0.3) is 0 Å². The minimum atomic E-state index is -0.581. The minimum absolute atomic E-state index is 0.562. The highest BCUT2D eigenvalue weighted by atomic mass is 15.1. The van der Waals surface area contributed by atoms with Crippen molar-refractivity contribution in [2.75, 3.05) is 13.6 Å². The molecule has 2 rings (SSSR count). The van der Waals surface area contributed by atoms with Gasteiger partial charge < -0.3 is 10.6 Å². The number of hydrogen-bond acceptors (Lipinski definition) is 4. The molecule has 1 saturated carbocycles. The fraction of sp³-hybridized carbons (Fsp3) is 0.600. The zero-order valence-corrected chi connectivity index (χ0v) is 11.5. The molecule has 0 atom stereocenters. The molecule has 1 aromatic rings. The maximum absolute atomic E-state index is 9.03. The first-order valence-corrected chi connectivity index (χ1v) is 6.92. The third-order valence-electron chi connectivity index (χ3n) is 4.20. The second-order valence-electron chi connectivity index (χ2n) is 5.59. The van der Waals surface area contributed by atoms with E-state index in [1.807, 2.05) is 12.4 Å². The topological polar surface area (TPSA) is 65.9 Å². The maximum atomic E-state index is 9.03. The molecule has 1 aromatic heterocycles. The van der Waals surface area contributed by atoms with E-state index >= 15 is 0 Å². The Morgan fingerprint density at radius 2 is 2.05 bits per heavy atom. The van der Waals surface area contributed by atoms with Gasteiger partial charge in [-0.2, -0.15) is 5.26 Å². The van der Waals surface area contributed by atoms with Crippen molar-refractivity contribution < 1.29 is 0 Å². The molecule has 0 aliphatic heterocycles. The Morgan fingerprint density at radius 3 is 2.63 bits per heavy atom. The minimum Gasteiger partial charge on any atom is -0.313 e. The lowest BCUT2D eigenvalue weighted by molar-refractivity contribution is 0.169. The van der Waals surface area contributed by atoms with Crippen LogP contribution < -0.4 is 5.73 Å². The molecule has 0 amide bonds. The lowest BCUT2D eigenvalue weighted by Gasteiger charge is -2.36. The van der Waals surface area contributed by atoms with Crippen LogP contribution in [-0.4, -0.2) is 35.1 Å². The summed E-state index contributed by atoms with van der Waals surface area (Å²) >= 11 is 0. The quantitative estimate of drug-likeness (QED) is 0.893. The Morgan fingerprint density at radius 1 is 1.42 bits per heavy atom. The van der Waals surface area contributed by atoms with Gasteiger partial charge in [0.15, 0.2) is 0 Å². The number of pyridine rings is 1. The van der Waals surface area contributed by atoms with Crippen LogP contribution in [0.3, 0.4) is 0 Å². The van der Waals surface area contributed by atoms with Crippen LogP contribution in [0.5, 0.6) is 0 Å². The maximum Gasteiger partial charge on any atom is 0.104 e. The van der Waals surface area contributed by atoms with Gasteiger partial charge in [-0.3, -0.25) is 4.98 Å². The van der Waals surface area contributed by atoms with Gasteiger partial charge in [0.1, 0.15) is 5.54 Å². The zero-order chi connectivity index (χ0) is 13.7. The molecule has 1 heterocycles. The van der Waals surface area contributed by atoms with E-state index in [-0.39, 0.29) is 0 Å². The van der Waals surface area contributed by atoms with E-state index in [1.165, 1.54) is 5.56 Å². The first-order valence-electron chi connectivity index (χ1n) is 6.92. The first-order chi connectivity index (χ1) is 9.13. The summed E-state index contributed by atoms with van der Waals surface area (Å²) in [5, 5.41) is 9.03. The lowest BCUT2D eigenvalue weighted by atomic mass is 9.81. The van der Waals surface area contributed by atoms with Crippen LogP contribution in [0, 0.1) is 11.3 Å². The van der Waals surface area contributed by atoms with Gasteiger partial charge in [0.2, 0.25) is 0 Å². The van der Waals surface area contributed by atoms with E-state index < -0.39 is 5.54 Å². The average Bonchev–Trinajstić information content (AvgIpc) is 2.47. The van der Waals surface area contributed by atoms with Crippen molar-refractivity contribution in [2.24, 2.45) is 5.73 Å². The van der Waals surface area contributed by atoms with E-state index in [1.54, 1.807) is 0 Å². The molecular weight excluding hydrogens is 236 g/mol. The fourth-order valence-electron chi connectivity index (χ4n) is 2.71. The summed E-state index contributed by atoms with van der Waals surface area (Å²) in [6, 6.07) is 6.94. The van der Waals surface area contributed by atoms with Crippen LogP contribution in [0.15, 0.2) is 24.5 Å². The van der Waals surface area contributed by atoms with Crippen LogP contribution in [0.1, 0.15) is 31.2 Å². The molecule has 102 valence electrons. The van der Waals surface area contributed by atoms with E-state index in [0.29, 0.717) is 6.04 Å². The molecule has 0 spiro atoms. The zero-order valence-electron chi connectivity index (χ0n) is 11.5. The molecule has 1 fully saturated rings. The van der Waals surface area contributed by atoms with Crippen LogP contribution in [0.2, 0.25) is 0 Å². The highest BCUT2D eigenvalue weighted by molar-refractivity contribution is 5.10. The van der Waals surface area contributed by atoms with Crippen molar-refractivity contribution in [3.63, 3.8) is 0 Å². The third kappa shape index (κ3) is 3.76. The smallest absolute Gasteiger partial charge is 0.104 e. The van der Waals surface area contributed by atoms with Gasteiger partial charge in [-0.25, -0.2) is 0 Å². The van der Waals surface area contributed by atoms with Gasteiger partial charge in [-0.1, -0.05) is 0 Å². The van der Waals surface area contributed by atoms with E-state index in [4.69, 9.17) is 11.0 Å². The molecule has 4 nitrogen and oxygen atoms in total. The monoisotopic (exact) mass is 258 g/mol. The summed E-state index contributed by atoms with van der Waals surface area (Å²) < 4.78 is 0. The fourth-order valence-corrected chi connectivity index (χ4v) is 2.71. The summed E-state index contributed by atoms with van der Waals surface area (Å²) in [6.45, 7) is 1.04. The number of hydrogen-bond donors (Lipinski definition) is 1. The molecular formula is C15H22N4. The molecule has 1 aliphatic rings. The standard InChI is InChI=1S/C15H22N4/c1-19(11-6-13-4-9-18-10-5-13)14-2-7-15(17,12-16)8-3-14/h4-5,9-10,14H,2-3,6-8,11,17H2,1H3. The Balaban J connectivity index is 1.79. The van der Waals surface area contributed by atoms with Gasteiger partial charge in [-0.05, 0) is 56.8 Å². The number of nitrogens with two attached hydrogens (primary N) is 1. The van der Waals surface area contributed by atoms with Crippen LogP contribution in [-0.2, 0) is 6.42 Å².